The summed E-state index contributed by atoms with van der Waals surface area (Å²) >= 11 is 0. The van der Waals surface area contributed by atoms with Gasteiger partial charge in [-0.05, 0) is 23.8 Å². The summed E-state index contributed by atoms with van der Waals surface area (Å²) < 4.78 is 5.89. The lowest BCUT2D eigenvalue weighted by Crippen LogP contribution is -2.78. The molecule has 4 heterocycles. The lowest BCUT2D eigenvalue weighted by atomic mass is 9.79. The van der Waals surface area contributed by atoms with E-state index in [1.165, 1.54) is 4.90 Å². The van der Waals surface area contributed by atoms with E-state index >= 15 is 0 Å². The average molecular weight is 572 g/mol. The molecule has 4 unspecified atom stereocenters. The quantitative estimate of drug-likeness (QED) is 0.168. The Morgan fingerprint density at radius 1 is 1.27 bits per heavy atom. The molecule has 4 aliphatic rings. The molecular formula is C27H41N9O5. The molecular weight excluding hydrogens is 530 g/mol. The zero-order chi connectivity index (χ0) is 29.9. The number of nitrogens with two attached hydrogens (primary N) is 3. The molecule has 1 saturated heterocycles. The van der Waals surface area contributed by atoms with Crippen molar-refractivity contribution in [2.45, 2.75) is 81.6 Å². The topological polar surface area (TPSA) is 226 Å². The van der Waals surface area contributed by atoms with Crippen molar-refractivity contribution >= 4 is 23.7 Å². The van der Waals surface area contributed by atoms with Crippen LogP contribution in [0.5, 0.6) is 5.75 Å². The van der Waals surface area contributed by atoms with Crippen molar-refractivity contribution in [3.63, 3.8) is 0 Å². The maximum atomic E-state index is 13.6. The maximum Gasteiger partial charge on any atom is 0.255 e. The van der Waals surface area contributed by atoms with Gasteiger partial charge in [-0.3, -0.25) is 9.59 Å². The molecule has 14 heteroatoms. The number of hydrogen-bond donors (Lipinski definition) is 8. The van der Waals surface area contributed by atoms with Crippen LogP contribution in [0.15, 0.2) is 28.2 Å². The van der Waals surface area contributed by atoms with Gasteiger partial charge in [0.25, 0.3) is 5.91 Å². The van der Waals surface area contributed by atoms with Crippen LogP contribution in [0.3, 0.4) is 0 Å². The third-order valence-electron chi connectivity index (χ3n) is 9.11. The van der Waals surface area contributed by atoms with Crippen LogP contribution >= 0.6 is 0 Å². The predicted octanol–water partition coefficient (Wildman–Crippen LogP) is -1.99. The van der Waals surface area contributed by atoms with Gasteiger partial charge < -0.3 is 53.0 Å². The summed E-state index contributed by atoms with van der Waals surface area (Å²) in [5.74, 6) is -3.13. The molecule has 1 aromatic carbocycles. The van der Waals surface area contributed by atoms with Crippen LogP contribution in [-0.2, 0) is 10.2 Å². The second kappa shape index (κ2) is 10.0. The highest BCUT2D eigenvalue weighted by Crippen LogP contribution is 2.45. The largest absolute Gasteiger partial charge is 0.492 e. The number of aliphatic hydroxyl groups is 2. The van der Waals surface area contributed by atoms with Crippen LogP contribution in [0.1, 0.15) is 56.5 Å². The van der Waals surface area contributed by atoms with Gasteiger partial charge >= 0.3 is 0 Å². The van der Waals surface area contributed by atoms with Crippen LogP contribution in [0.2, 0.25) is 0 Å². The van der Waals surface area contributed by atoms with Crippen molar-refractivity contribution in [3.05, 3.63) is 29.3 Å². The minimum absolute atomic E-state index is 0.0151. The number of nitrogens with zero attached hydrogens (tertiary/aromatic N) is 3. The number of hydrogen-bond acceptors (Lipinski definition) is 12. The number of rotatable bonds is 7. The maximum absolute atomic E-state index is 13.6. The summed E-state index contributed by atoms with van der Waals surface area (Å²) in [6.45, 7) is 8.36. The lowest BCUT2D eigenvalue weighted by Gasteiger charge is -2.49. The number of benzene rings is 1. The smallest absolute Gasteiger partial charge is 0.255 e. The minimum atomic E-state index is -2.61. The fraction of sp³-hybridized carbons (Fsp3) is 0.630. The van der Waals surface area contributed by atoms with Crippen LogP contribution in [0.4, 0.5) is 0 Å². The van der Waals surface area contributed by atoms with Crippen molar-refractivity contribution < 1.29 is 24.5 Å². The first-order valence-electron chi connectivity index (χ1n) is 14.0. The molecule has 0 radical (unpaired) electrons. The van der Waals surface area contributed by atoms with Crippen molar-refractivity contribution in [2.24, 2.45) is 33.1 Å². The molecule has 1 aromatic rings. The number of aliphatic imine (C=N–C) groups is 2. The van der Waals surface area contributed by atoms with E-state index in [0.717, 1.165) is 18.4 Å². The van der Waals surface area contributed by atoms with Crippen molar-refractivity contribution in [3.8, 4) is 5.75 Å². The Labute approximate surface area is 238 Å². The Kier molecular flexibility index (Phi) is 7.07. The molecule has 14 nitrogen and oxygen atoms in total. The van der Waals surface area contributed by atoms with Crippen LogP contribution in [0.25, 0.3) is 0 Å². The number of fused-ring (bicyclic) bond motifs is 1. The molecule has 0 saturated carbocycles. The molecule has 6 atom stereocenters. The Balaban J connectivity index is 1.40. The van der Waals surface area contributed by atoms with E-state index in [0.29, 0.717) is 17.9 Å². The highest BCUT2D eigenvalue weighted by atomic mass is 16.5. The van der Waals surface area contributed by atoms with Gasteiger partial charge in [-0.2, -0.15) is 0 Å². The van der Waals surface area contributed by atoms with E-state index < -0.39 is 41.5 Å². The molecule has 4 aliphatic heterocycles. The number of amides is 2. The van der Waals surface area contributed by atoms with Gasteiger partial charge in [0.05, 0.1) is 24.3 Å². The molecule has 0 aliphatic carbocycles. The molecule has 11 N–H and O–H groups in total. The van der Waals surface area contributed by atoms with E-state index in [1.54, 1.807) is 12.1 Å². The zero-order valence-corrected chi connectivity index (χ0v) is 23.8. The van der Waals surface area contributed by atoms with Gasteiger partial charge in [0.15, 0.2) is 17.6 Å². The fourth-order valence-corrected chi connectivity index (χ4v) is 6.27. The number of nitrogens with one attached hydrogen (secondary N) is 3. The Bertz CT molecular complexity index is 1300. The SMILES string of the molecule is CC[C@H](C)[C@H](N)C(=O)NCC1N=C(N)N2CC(NC(=O)c3cccc4c3OCCC4(C)C)C(O)(O)C23NC(N)=NC13. The zero-order valence-electron chi connectivity index (χ0n) is 23.8. The molecule has 0 aromatic heterocycles. The standard InChI is InChI=1S/C27H41N9O5/c1-5-13(2)18(28)22(38)31-11-16-20-26(35-23(29)34-20)27(39,40)17(12-36(26)24(30)32-16)33-21(37)14-7-6-8-15-19(14)41-10-9-25(15,3)4/h6-8,13,16-18,20,39-40H,5,9-12,28H2,1-4H3,(H2,30,32)(H,31,38)(H,33,37)(H3,29,34,35)/t13-,16?,17?,18-,20?,26?/m0/s1. The first-order valence-corrected chi connectivity index (χ1v) is 14.0. The summed E-state index contributed by atoms with van der Waals surface area (Å²) in [5.41, 5.74) is 17.7. The molecule has 0 bridgehead atoms. The van der Waals surface area contributed by atoms with E-state index in [9.17, 15) is 19.8 Å². The second-order valence-electron chi connectivity index (χ2n) is 12.1. The molecule has 1 spiro atoms. The van der Waals surface area contributed by atoms with Crippen molar-refractivity contribution in [2.75, 3.05) is 19.7 Å². The third kappa shape index (κ3) is 4.44. The summed E-state index contributed by atoms with van der Waals surface area (Å²) in [4.78, 5) is 36.6. The third-order valence-corrected chi connectivity index (χ3v) is 9.11. The summed E-state index contributed by atoms with van der Waals surface area (Å²) in [6.07, 6.45) is 1.54. The summed E-state index contributed by atoms with van der Waals surface area (Å²) in [6, 6.07) is 1.67. The van der Waals surface area contributed by atoms with Crippen LogP contribution < -0.4 is 37.9 Å². The summed E-state index contributed by atoms with van der Waals surface area (Å²) in [5, 5.41) is 31.9. The number of para-hydroxylation sites is 1. The Hall–Kier alpha value is -3.62. The van der Waals surface area contributed by atoms with Crippen molar-refractivity contribution in [1.82, 2.24) is 20.9 Å². The van der Waals surface area contributed by atoms with E-state index in [2.05, 4.69) is 39.8 Å². The van der Waals surface area contributed by atoms with Crippen LogP contribution in [-0.4, -0.2) is 94.2 Å². The summed E-state index contributed by atoms with van der Waals surface area (Å²) in [7, 11) is 0. The number of guanidine groups is 2. The van der Waals surface area contributed by atoms with Gasteiger partial charge in [-0.15, -0.1) is 0 Å². The van der Waals surface area contributed by atoms with Gasteiger partial charge in [-0.25, -0.2) is 9.98 Å². The Morgan fingerprint density at radius 2 is 2.00 bits per heavy atom. The van der Waals surface area contributed by atoms with Crippen LogP contribution in [0, 0.1) is 5.92 Å². The monoisotopic (exact) mass is 571 g/mol. The van der Waals surface area contributed by atoms with E-state index in [1.807, 2.05) is 19.9 Å². The average Bonchev–Trinajstić information content (AvgIpc) is 3.39. The Morgan fingerprint density at radius 3 is 2.71 bits per heavy atom. The fourth-order valence-electron chi connectivity index (χ4n) is 6.27. The van der Waals surface area contributed by atoms with Gasteiger partial charge in [0, 0.05) is 18.7 Å². The van der Waals surface area contributed by atoms with Gasteiger partial charge in [0.1, 0.15) is 17.8 Å². The normalized spacial score (nSPS) is 30.3. The number of carbonyl (C=O) groups is 2. The molecule has 5 rings (SSSR count). The number of carbonyl (C=O) groups excluding carboxylic acids is 2. The van der Waals surface area contributed by atoms with Crippen molar-refractivity contribution in [1.29, 1.82) is 0 Å². The molecule has 2 amide bonds. The second-order valence-corrected chi connectivity index (χ2v) is 12.1. The first kappa shape index (κ1) is 28.9. The molecule has 224 valence electrons. The lowest BCUT2D eigenvalue weighted by molar-refractivity contribution is -0.230. The highest BCUT2D eigenvalue weighted by molar-refractivity contribution is 5.98. The molecule has 1 fully saturated rings. The van der Waals surface area contributed by atoms with Gasteiger partial charge in [0.2, 0.25) is 11.7 Å². The van der Waals surface area contributed by atoms with Gasteiger partial charge in [-0.1, -0.05) is 46.2 Å². The predicted molar refractivity (Wildman–Crippen MR) is 152 cm³/mol. The highest BCUT2D eigenvalue weighted by Gasteiger charge is 2.73. The minimum Gasteiger partial charge on any atom is -0.492 e. The van der Waals surface area contributed by atoms with E-state index in [4.69, 9.17) is 21.9 Å². The van der Waals surface area contributed by atoms with E-state index in [-0.39, 0.29) is 42.2 Å². The first-order chi connectivity index (χ1) is 19.2. The number of ether oxygens (including phenoxy) is 1. The molecule has 41 heavy (non-hydrogen) atoms.